The molecular weight excluding hydrogens is 712 g/mol. The lowest BCUT2D eigenvalue weighted by Gasteiger charge is -2.56. The lowest BCUT2D eigenvalue weighted by molar-refractivity contribution is 0.179. The minimum absolute atomic E-state index is 0.0710. The highest BCUT2D eigenvalue weighted by atomic mass is 35.6. The topological polar surface area (TPSA) is 45.6 Å². The van der Waals surface area contributed by atoms with E-state index in [0.717, 1.165) is 5.39 Å². The van der Waals surface area contributed by atoms with Crippen LogP contribution in [0.25, 0.3) is 10.8 Å². The number of hydrogen-bond donors (Lipinski definition) is 2. The van der Waals surface area contributed by atoms with Gasteiger partial charge < -0.3 is 10.1 Å². The zero-order chi connectivity index (χ0) is 26.7. The van der Waals surface area contributed by atoms with E-state index in [1.807, 2.05) is 19.1 Å². The van der Waals surface area contributed by atoms with Crippen molar-refractivity contribution in [3.05, 3.63) is 42.0 Å². The Morgan fingerprint density at radius 2 is 1.26 bits per heavy atom. The SMILES string of the molecule is CCOc1ccc(C2=NC(C(Cl)(Cl)Cl)(C(Cl)(Cl)Cl)NC(C(Cl)(Cl)Cl)(C(Cl)(Cl)Cl)N2)c2ccccc12. The Morgan fingerprint density at radius 3 is 1.71 bits per heavy atom. The van der Waals surface area contributed by atoms with E-state index in [0.29, 0.717) is 23.3 Å². The van der Waals surface area contributed by atoms with Gasteiger partial charge in [-0.05, 0) is 24.4 Å². The molecule has 0 fully saturated rings. The van der Waals surface area contributed by atoms with Crippen LogP contribution in [0.2, 0.25) is 0 Å². The van der Waals surface area contributed by atoms with Crippen LogP contribution in [-0.2, 0) is 0 Å². The molecule has 0 radical (unpaired) electrons. The standard InChI is InChI=1S/C19H13Cl12N3O/c1-2-35-12-8-7-11(9-5-3-4-6-10(9)12)13-32-14(16(20,21)22,17(23,24)25)34-15(33-13,18(26,27)28)19(29,30)31/h3-8,34H,2H2,1H3,(H,32,33). The molecule has 1 aliphatic rings. The van der Waals surface area contributed by atoms with Crippen LogP contribution in [0.5, 0.6) is 5.75 Å². The van der Waals surface area contributed by atoms with Gasteiger partial charge in [0.1, 0.15) is 11.6 Å². The van der Waals surface area contributed by atoms with Gasteiger partial charge in [0.25, 0.3) is 0 Å². The molecule has 4 nitrogen and oxygen atoms in total. The summed E-state index contributed by atoms with van der Waals surface area (Å²) in [6.45, 7) is 2.29. The summed E-state index contributed by atoms with van der Waals surface area (Å²) < 4.78 is -4.12. The van der Waals surface area contributed by atoms with Gasteiger partial charge in [0.15, 0.2) is 5.66 Å². The zero-order valence-electron chi connectivity index (χ0n) is 17.1. The first-order chi connectivity index (χ1) is 15.8. The molecule has 2 aromatic rings. The van der Waals surface area contributed by atoms with Gasteiger partial charge in [-0.2, -0.15) is 0 Å². The van der Waals surface area contributed by atoms with Gasteiger partial charge in [-0.15, -0.1) is 0 Å². The lowest BCUT2D eigenvalue weighted by atomic mass is 9.99. The summed E-state index contributed by atoms with van der Waals surface area (Å²) in [7, 11) is 0. The maximum Gasteiger partial charge on any atom is 0.232 e. The zero-order valence-corrected chi connectivity index (χ0v) is 26.1. The van der Waals surface area contributed by atoms with E-state index in [-0.39, 0.29) is 5.84 Å². The summed E-state index contributed by atoms with van der Waals surface area (Å²) in [6, 6.07) is 10.6. The number of alkyl halides is 12. The van der Waals surface area contributed by atoms with Gasteiger partial charge in [-0.1, -0.05) is 163 Å². The molecular formula is C19H13Cl12N3O. The van der Waals surface area contributed by atoms with E-state index in [1.54, 1.807) is 24.3 Å². The van der Waals surface area contributed by atoms with Crippen LogP contribution in [0.4, 0.5) is 0 Å². The molecule has 0 aromatic heterocycles. The minimum atomic E-state index is -2.48. The Balaban J connectivity index is 2.46. The molecule has 0 bridgehead atoms. The number of benzene rings is 2. The van der Waals surface area contributed by atoms with E-state index < -0.39 is 26.5 Å². The molecule has 16 heteroatoms. The number of ether oxygens (including phenoxy) is 1. The Labute approximate surface area is 261 Å². The average Bonchev–Trinajstić information content (AvgIpc) is 2.70. The Morgan fingerprint density at radius 1 is 0.743 bits per heavy atom. The Hall–Kier alpha value is 1.41. The maximum atomic E-state index is 6.34. The van der Waals surface area contributed by atoms with Gasteiger partial charge in [0.2, 0.25) is 20.8 Å². The second-order valence-corrected chi connectivity index (χ2v) is 16.4. The highest BCUT2D eigenvalue weighted by Gasteiger charge is 2.73. The average molecular weight is 725 g/mol. The third kappa shape index (κ3) is 5.55. The predicted octanol–water partition coefficient (Wildman–Crippen LogP) is 9.05. The lowest BCUT2D eigenvalue weighted by Crippen LogP contribution is -2.84. The van der Waals surface area contributed by atoms with Crippen LogP contribution < -0.4 is 15.4 Å². The van der Waals surface area contributed by atoms with Gasteiger partial charge in [0, 0.05) is 10.9 Å². The Bertz CT molecular complexity index is 1100. The van der Waals surface area contributed by atoms with Crippen molar-refractivity contribution < 1.29 is 4.74 Å². The fourth-order valence-electron chi connectivity index (χ4n) is 3.46. The van der Waals surface area contributed by atoms with Gasteiger partial charge >= 0.3 is 0 Å². The van der Waals surface area contributed by atoms with Crippen molar-refractivity contribution in [1.82, 2.24) is 10.6 Å². The number of hydrogen-bond acceptors (Lipinski definition) is 4. The third-order valence-corrected chi connectivity index (χ3v) is 8.41. The molecule has 0 atom stereocenters. The van der Waals surface area contributed by atoms with Crippen LogP contribution in [-0.4, -0.2) is 38.9 Å². The molecule has 0 unspecified atom stereocenters. The van der Waals surface area contributed by atoms with E-state index >= 15 is 0 Å². The second kappa shape index (κ2) is 10.4. The fraction of sp³-hybridized carbons (Fsp3) is 0.421. The quantitative estimate of drug-likeness (QED) is 0.311. The number of amidine groups is 1. The minimum Gasteiger partial charge on any atom is -0.493 e. The van der Waals surface area contributed by atoms with E-state index in [1.165, 1.54) is 0 Å². The summed E-state index contributed by atoms with van der Waals surface area (Å²) in [5, 5.41) is 6.83. The molecule has 3 rings (SSSR count). The monoisotopic (exact) mass is 719 g/mol. The van der Waals surface area contributed by atoms with Crippen LogP contribution in [0.1, 0.15) is 12.5 Å². The normalized spacial score (nSPS) is 18.7. The third-order valence-electron chi connectivity index (χ3n) is 5.06. The number of nitrogens with one attached hydrogen (secondary N) is 2. The molecule has 35 heavy (non-hydrogen) atoms. The second-order valence-electron chi connectivity index (χ2n) is 7.25. The first-order valence-corrected chi connectivity index (χ1v) is 13.9. The van der Waals surface area contributed by atoms with Gasteiger partial charge in [-0.3, -0.25) is 5.32 Å². The molecule has 1 aliphatic heterocycles. The predicted molar refractivity (Wildman–Crippen MR) is 155 cm³/mol. The smallest absolute Gasteiger partial charge is 0.232 e. The molecule has 0 saturated carbocycles. The molecule has 2 N–H and O–H groups in total. The highest BCUT2D eigenvalue weighted by Crippen LogP contribution is 2.59. The Kier molecular flexibility index (Phi) is 9.22. The molecule has 0 spiro atoms. The van der Waals surface area contributed by atoms with Gasteiger partial charge in [-0.25, -0.2) is 4.99 Å². The van der Waals surface area contributed by atoms with Gasteiger partial charge in [0.05, 0.1) is 6.61 Å². The molecule has 2 aromatic carbocycles. The summed E-state index contributed by atoms with van der Waals surface area (Å²) in [4.78, 5) is 4.48. The van der Waals surface area contributed by atoms with E-state index in [9.17, 15) is 0 Å². The number of fused-ring (bicyclic) bond motifs is 1. The van der Waals surface area contributed by atoms with Crippen LogP contribution in [0, 0.1) is 0 Å². The van der Waals surface area contributed by atoms with Crippen molar-refractivity contribution in [2.45, 2.75) is 33.4 Å². The molecule has 194 valence electrons. The highest BCUT2D eigenvalue weighted by molar-refractivity contribution is 6.75. The summed E-state index contributed by atoms with van der Waals surface area (Å²) in [5.74, 6) is 0.530. The van der Waals surface area contributed by atoms with Crippen LogP contribution in [0.15, 0.2) is 41.4 Å². The summed E-state index contributed by atoms with van der Waals surface area (Å²) in [5.41, 5.74) is -4.38. The van der Waals surface area contributed by atoms with Crippen molar-refractivity contribution in [3.8, 4) is 5.75 Å². The summed E-state index contributed by atoms with van der Waals surface area (Å²) in [6.07, 6.45) is 0. The molecule has 0 aliphatic carbocycles. The van der Waals surface area contributed by atoms with Crippen LogP contribution >= 0.6 is 139 Å². The molecule has 1 heterocycles. The maximum absolute atomic E-state index is 6.34. The van der Waals surface area contributed by atoms with E-state index in [2.05, 4.69) is 15.6 Å². The number of rotatable bonds is 3. The molecule has 0 amide bonds. The first-order valence-electron chi connectivity index (χ1n) is 9.40. The summed E-state index contributed by atoms with van der Waals surface area (Å²) >= 11 is 75.9. The number of aliphatic imine (C=N–C) groups is 1. The van der Waals surface area contributed by atoms with Crippen molar-refractivity contribution in [3.63, 3.8) is 0 Å². The van der Waals surface area contributed by atoms with Crippen LogP contribution in [0.3, 0.4) is 0 Å². The van der Waals surface area contributed by atoms with Crippen molar-refractivity contribution >= 4 is 156 Å². The van der Waals surface area contributed by atoms with Crippen molar-refractivity contribution in [1.29, 1.82) is 0 Å². The largest absolute Gasteiger partial charge is 0.493 e. The number of halogens is 12. The van der Waals surface area contributed by atoms with Crippen molar-refractivity contribution in [2.75, 3.05) is 6.61 Å². The van der Waals surface area contributed by atoms with Crippen molar-refractivity contribution in [2.24, 2.45) is 4.99 Å². The van der Waals surface area contributed by atoms with E-state index in [4.69, 9.17) is 144 Å². The molecule has 0 saturated heterocycles. The first kappa shape index (κ1) is 30.9. The number of nitrogens with zero attached hydrogens (tertiary/aromatic N) is 1. The fourth-order valence-corrected chi connectivity index (χ4v) is 7.14.